The summed E-state index contributed by atoms with van der Waals surface area (Å²) in [5.41, 5.74) is -0.282. The summed E-state index contributed by atoms with van der Waals surface area (Å²) in [7, 11) is -3.55. The average molecular weight is 358 g/mol. The van der Waals surface area contributed by atoms with E-state index in [-0.39, 0.29) is 28.4 Å². The molecule has 0 saturated heterocycles. The van der Waals surface area contributed by atoms with E-state index in [4.69, 9.17) is 0 Å². The molecule has 0 saturated carbocycles. The van der Waals surface area contributed by atoms with Gasteiger partial charge in [-0.25, -0.2) is 18.1 Å². The van der Waals surface area contributed by atoms with Crippen LogP contribution >= 0.6 is 0 Å². The van der Waals surface area contributed by atoms with Gasteiger partial charge < -0.3 is 0 Å². The Bertz CT molecular complexity index is 1090. The second-order valence-electron chi connectivity index (χ2n) is 5.38. The maximum atomic E-state index is 12.5. The van der Waals surface area contributed by atoms with Crippen molar-refractivity contribution in [3.05, 3.63) is 70.4 Å². The minimum absolute atomic E-state index is 0.0561. The van der Waals surface area contributed by atoms with Crippen LogP contribution in [-0.4, -0.2) is 40.2 Å². The molecule has 0 fully saturated rings. The summed E-state index contributed by atoms with van der Waals surface area (Å²) < 4.78 is 25.0. The standard InChI is InChI=1S/C16H14N4O4S/c1-25(23,24)14-6-3-2-5-12(14)13(21)9-11-10-17-16(19-15(11)22)20-8-4-7-18-20/h2-8,10H,9H2,1H3,(H,17,19,22). The average Bonchev–Trinajstić information content (AvgIpc) is 3.10. The first kappa shape index (κ1) is 16.8. The highest BCUT2D eigenvalue weighted by atomic mass is 32.2. The quantitative estimate of drug-likeness (QED) is 0.674. The number of aromatic amines is 1. The molecule has 128 valence electrons. The summed E-state index contributed by atoms with van der Waals surface area (Å²) in [6.45, 7) is 0. The topological polar surface area (TPSA) is 115 Å². The van der Waals surface area contributed by atoms with Gasteiger partial charge >= 0.3 is 0 Å². The molecule has 1 N–H and O–H groups in total. The molecule has 0 spiro atoms. The van der Waals surface area contributed by atoms with E-state index in [1.165, 1.54) is 23.0 Å². The molecule has 0 aliphatic rings. The van der Waals surface area contributed by atoms with Crippen LogP contribution in [-0.2, 0) is 16.3 Å². The number of hydrogen-bond acceptors (Lipinski definition) is 6. The maximum absolute atomic E-state index is 12.5. The summed E-state index contributed by atoms with van der Waals surface area (Å²) >= 11 is 0. The third kappa shape index (κ3) is 3.56. The van der Waals surface area contributed by atoms with Crippen molar-refractivity contribution in [1.29, 1.82) is 0 Å². The molecule has 0 atom stereocenters. The first-order valence-electron chi connectivity index (χ1n) is 7.27. The maximum Gasteiger partial charge on any atom is 0.255 e. The van der Waals surface area contributed by atoms with E-state index >= 15 is 0 Å². The Morgan fingerprint density at radius 3 is 2.64 bits per heavy atom. The van der Waals surface area contributed by atoms with Crippen LogP contribution in [0.2, 0.25) is 0 Å². The summed E-state index contributed by atoms with van der Waals surface area (Å²) in [4.78, 5) is 31.2. The molecule has 0 aliphatic heterocycles. The van der Waals surface area contributed by atoms with Crippen molar-refractivity contribution < 1.29 is 13.2 Å². The first-order chi connectivity index (χ1) is 11.9. The van der Waals surface area contributed by atoms with E-state index in [9.17, 15) is 18.0 Å². The zero-order valence-electron chi connectivity index (χ0n) is 13.2. The van der Waals surface area contributed by atoms with Crippen LogP contribution in [0.15, 0.2) is 58.6 Å². The first-order valence-corrected chi connectivity index (χ1v) is 9.16. The Hall–Kier alpha value is -3.07. The van der Waals surface area contributed by atoms with Crippen molar-refractivity contribution in [3.8, 4) is 5.95 Å². The number of sulfone groups is 1. The summed E-state index contributed by atoms with van der Waals surface area (Å²) in [5.74, 6) is -0.247. The monoisotopic (exact) mass is 358 g/mol. The molecule has 0 radical (unpaired) electrons. The second kappa shape index (κ2) is 6.44. The van der Waals surface area contributed by atoms with Gasteiger partial charge in [0.1, 0.15) is 0 Å². The van der Waals surface area contributed by atoms with Gasteiger partial charge in [-0.15, -0.1) is 0 Å². The predicted octanol–water partition coefficient (Wildman–Crippen LogP) is 0.784. The van der Waals surface area contributed by atoms with Crippen molar-refractivity contribution in [1.82, 2.24) is 19.7 Å². The Balaban J connectivity index is 1.91. The van der Waals surface area contributed by atoms with E-state index < -0.39 is 21.2 Å². The molecule has 0 bridgehead atoms. The normalized spacial score (nSPS) is 11.4. The summed E-state index contributed by atoms with van der Waals surface area (Å²) in [6.07, 6.45) is 5.22. The van der Waals surface area contributed by atoms with Gasteiger partial charge in [-0.2, -0.15) is 5.10 Å². The zero-order chi connectivity index (χ0) is 18.0. The lowest BCUT2D eigenvalue weighted by Gasteiger charge is -2.07. The summed E-state index contributed by atoms with van der Waals surface area (Å²) in [6, 6.07) is 7.59. The highest BCUT2D eigenvalue weighted by molar-refractivity contribution is 7.90. The predicted molar refractivity (Wildman–Crippen MR) is 89.6 cm³/mol. The second-order valence-corrected chi connectivity index (χ2v) is 7.36. The highest BCUT2D eigenvalue weighted by Gasteiger charge is 2.19. The molecule has 0 amide bonds. The molecule has 3 rings (SSSR count). The molecule has 2 heterocycles. The molecule has 0 unspecified atom stereocenters. The van der Waals surface area contributed by atoms with Crippen LogP contribution in [0.3, 0.4) is 0 Å². The fourth-order valence-corrected chi connectivity index (χ4v) is 3.24. The lowest BCUT2D eigenvalue weighted by molar-refractivity contribution is 0.0989. The van der Waals surface area contributed by atoms with Gasteiger partial charge in [0.25, 0.3) is 5.56 Å². The highest BCUT2D eigenvalue weighted by Crippen LogP contribution is 2.17. The van der Waals surface area contributed by atoms with Crippen LogP contribution in [0.5, 0.6) is 0 Å². The number of Topliss-reactive ketones (excluding diaryl/α,β-unsaturated/α-hetero) is 1. The fourth-order valence-electron chi connectivity index (χ4n) is 2.34. The van der Waals surface area contributed by atoms with Gasteiger partial charge in [0, 0.05) is 42.4 Å². The largest absolute Gasteiger partial charge is 0.294 e. The molecule has 3 aromatic rings. The minimum atomic E-state index is -3.55. The van der Waals surface area contributed by atoms with E-state index in [1.54, 1.807) is 30.6 Å². The van der Waals surface area contributed by atoms with Crippen LogP contribution < -0.4 is 5.56 Å². The molecule has 1 aromatic carbocycles. The number of benzene rings is 1. The van der Waals surface area contributed by atoms with Gasteiger partial charge in [-0.3, -0.25) is 14.6 Å². The number of nitrogens with one attached hydrogen (secondary N) is 1. The van der Waals surface area contributed by atoms with Crippen LogP contribution in [0.25, 0.3) is 5.95 Å². The molecule has 25 heavy (non-hydrogen) atoms. The van der Waals surface area contributed by atoms with Crippen LogP contribution in [0.1, 0.15) is 15.9 Å². The zero-order valence-corrected chi connectivity index (χ0v) is 14.0. The van der Waals surface area contributed by atoms with Crippen molar-refractivity contribution >= 4 is 15.6 Å². The smallest absolute Gasteiger partial charge is 0.255 e. The molecular formula is C16H14N4O4S. The molecule has 2 aromatic heterocycles. The van der Waals surface area contributed by atoms with Gasteiger partial charge in [0.2, 0.25) is 5.95 Å². The Morgan fingerprint density at radius 1 is 1.24 bits per heavy atom. The lowest BCUT2D eigenvalue weighted by atomic mass is 10.1. The number of carbonyl (C=O) groups is 1. The minimum Gasteiger partial charge on any atom is -0.294 e. The van der Waals surface area contributed by atoms with E-state index in [2.05, 4.69) is 15.1 Å². The number of carbonyl (C=O) groups excluding carboxylic acids is 1. The Morgan fingerprint density at radius 2 is 2.00 bits per heavy atom. The Kier molecular flexibility index (Phi) is 4.32. The fraction of sp³-hybridized carbons (Fsp3) is 0.125. The molecular weight excluding hydrogens is 344 g/mol. The van der Waals surface area contributed by atoms with Gasteiger partial charge in [-0.1, -0.05) is 18.2 Å². The number of H-pyrrole nitrogens is 1. The Labute approximate surface area is 143 Å². The summed E-state index contributed by atoms with van der Waals surface area (Å²) in [5, 5.41) is 3.95. The van der Waals surface area contributed by atoms with Crippen molar-refractivity contribution in [2.75, 3.05) is 6.26 Å². The van der Waals surface area contributed by atoms with E-state index in [0.29, 0.717) is 0 Å². The van der Waals surface area contributed by atoms with Crippen molar-refractivity contribution in [2.45, 2.75) is 11.3 Å². The third-order valence-corrected chi connectivity index (χ3v) is 4.67. The molecule has 0 aliphatic carbocycles. The third-order valence-electron chi connectivity index (χ3n) is 3.52. The lowest BCUT2D eigenvalue weighted by Crippen LogP contribution is -2.20. The van der Waals surface area contributed by atoms with Gasteiger partial charge in [-0.05, 0) is 12.1 Å². The number of hydrogen-bond donors (Lipinski definition) is 1. The molecule has 8 nitrogen and oxygen atoms in total. The van der Waals surface area contributed by atoms with E-state index in [0.717, 1.165) is 6.26 Å². The number of ketones is 1. The van der Waals surface area contributed by atoms with Crippen molar-refractivity contribution in [2.24, 2.45) is 0 Å². The van der Waals surface area contributed by atoms with Crippen LogP contribution in [0, 0.1) is 0 Å². The number of rotatable bonds is 5. The number of aromatic nitrogens is 4. The SMILES string of the molecule is CS(=O)(=O)c1ccccc1C(=O)Cc1cnc(-n2cccn2)[nH]c1=O. The van der Waals surface area contributed by atoms with Gasteiger partial charge in [0.05, 0.1) is 4.90 Å². The van der Waals surface area contributed by atoms with Gasteiger partial charge in [0.15, 0.2) is 15.6 Å². The number of nitrogens with zero attached hydrogens (tertiary/aromatic N) is 3. The van der Waals surface area contributed by atoms with E-state index in [1.807, 2.05) is 0 Å². The van der Waals surface area contributed by atoms with Crippen LogP contribution in [0.4, 0.5) is 0 Å². The molecule has 9 heteroatoms. The van der Waals surface area contributed by atoms with Crippen molar-refractivity contribution in [3.63, 3.8) is 0 Å².